The molecule has 0 unspecified atom stereocenters. The minimum Gasteiger partial charge on any atom is -0.457 e. The molecule has 0 bridgehead atoms. The summed E-state index contributed by atoms with van der Waals surface area (Å²) in [4.78, 5) is 16.5. The largest absolute Gasteiger partial charge is 0.457 e. The number of nitrogens with zero attached hydrogens (tertiary/aromatic N) is 1. The van der Waals surface area contributed by atoms with Crippen LogP contribution in [0.3, 0.4) is 0 Å². The molecule has 2 rings (SSSR count). The van der Waals surface area contributed by atoms with Crippen molar-refractivity contribution in [2.75, 3.05) is 13.2 Å². The van der Waals surface area contributed by atoms with Gasteiger partial charge in [-0.3, -0.25) is 0 Å². The van der Waals surface area contributed by atoms with Gasteiger partial charge in [0.05, 0.1) is 6.20 Å². The lowest BCUT2D eigenvalue weighted by Gasteiger charge is -2.03. The van der Waals surface area contributed by atoms with Crippen molar-refractivity contribution in [3.05, 3.63) is 40.4 Å². The average Bonchev–Trinajstić information content (AvgIpc) is 3.08. The molecule has 0 saturated carbocycles. The first-order chi connectivity index (χ1) is 9.31. The first kappa shape index (κ1) is 14.0. The molecule has 1 aromatic rings. The third kappa shape index (κ3) is 4.01. The maximum Gasteiger partial charge on any atom is 0.350 e. The SMILES string of the molecule is C/C=C/C=C/COC(=O)c1cnc([C@@H]2CCCO2)s1. The minimum atomic E-state index is -0.327. The Kier molecular flexibility index (Phi) is 5.30. The monoisotopic (exact) mass is 279 g/mol. The van der Waals surface area contributed by atoms with Crippen LogP contribution in [0.2, 0.25) is 0 Å². The first-order valence-corrected chi connectivity index (χ1v) is 7.15. The van der Waals surface area contributed by atoms with Gasteiger partial charge in [0.15, 0.2) is 0 Å². The Morgan fingerprint density at radius 3 is 3.26 bits per heavy atom. The van der Waals surface area contributed by atoms with Crippen molar-refractivity contribution in [1.29, 1.82) is 0 Å². The van der Waals surface area contributed by atoms with Crippen LogP contribution in [0.1, 0.15) is 40.5 Å². The Balaban J connectivity index is 1.85. The van der Waals surface area contributed by atoms with Gasteiger partial charge in [-0.1, -0.05) is 18.2 Å². The molecule has 0 amide bonds. The Morgan fingerprint density at radius 1 is 1.63 bits per heavy atom. The van der Waals surface area contributed by atoms with Crippen LogP contribution in [0, 0.1) is 0 Å². The number of hydrogen-bond acceptors (Lipinski definition) is 5. The van der Waals surface area contributed by atoms with E-state index in [0.29, 0.717) is 4.88 Å². The van der Waals surface area contributed by atoms with Gasteiger partial charge in [0.2, 0.25) is 0 Å². The summed E-state index contributed by atoms with van der Waals surface area (Å²) in [7, 11) is 0. The van der Waals surface area contributed by atoms with Crippen molar-refractivity contribution in [3.8, 4) is 0 Å². The van der Waals surface area contributed by atoms with Gasteiger partial charge >= 0.3 is 5.97 Å². The van der Waals surface area contributed by atoms with E-state index in [1.54, 1.807) is 12.3 Å². The zero-order valence-corrected chi connectivity index (χ0v) is 11.7. The topological polar surface area (TPSA) is 48.4 Å². The summed E-state index contributed by atoms with van der Waals surface area (Å²) in [5, 5.41) is 0.869. The van der Waals surface area contributed by atoms with E-state index >= 15 is 0 Å². The average molecular weight is 279 g/mol. The van der Waals surface area contributed by atoms with E-state index in [1.807, 2.05) is 25.2 Å². The number of hydrogen-bond donors (Lipinski definition) is 0. The smallest absolute Gasteiger partial charge is 0.350 e. The standard InChI is InChI=1S/C14H17NO3S/c1-2-3-4-5-8-18-14(16)12-10-15-13(19-12)11-7-6-9-17-11/h2-5,10-11H,6-9H2,1H3/b3-2+,5-4+/t11-/m0/s1. The highest BCUT2D eigenvalue weighted by Gasteiger charge is 2.22. The Labute approximate surface area is 116 Å². The fourth-order valence-corrected chi connectivity index (χ4v) is 2.64. The number of rotatable bonds is 5. The minimum absolute atomic E-state index is 0.0566. The highest BCUT2D eigenvalue weighted by Crippen LogP contribution is 2.31. The highest BCUT2D eigenvalue weighted by atomic mass is 32.1. The van der Waals surface area contributed by atoms with Crippen molar-refractivity contribution in [2.24, 2.45) is 0 Å². The maximum absolute atomic E-state index is 11.8. The second-order valence-corrected chi connectivity index (χ2v) is 5.18. The molecule has 1 saturated heterocycles. The molecule has 0 radical (unpaired) electrons. The number of esters is 1. The maximum atomic E-state index is 11.8. The summed E-state index contributed by atoms with van der Waals surface area (Å²) in [5.74, 6) is -0.327. The Bertz CT molecular complexity index is 473. The highest BCUT2D eigenvalue weighted by molar-refractivity contribution is 7.13. The summed E-state index contributed by atoms with van der Waals surface area (Å²) in [6.07, 6.45) is 11.1. The Morgan fingerprint density at radius 2 is 2.53 bits per heavy atom. The molecule has 102 valence electrons. The predicted octanol–water partition coefficient (Wildman–Crippen LogP) is 3.28. The van der Waals surface area contributed by atoms with Crippen LogP contribution < -0.4 is 0 Å². The Hall–Kier alpha value is -1.46. The molecule has 1 aromatic heterocycles. The molecular formula is C14H17NO3S. The van der Waals surface area contributed by atoms with Crippen molar-refractivity contribution in [1.82, 2.24) is 4.98 Å². The molecule has 1 aliphatic rings. The molecule has 1 aliphatic heterocycles. The number of carbonyl (C=O) groups excluding carboxylic acids is 1. The molecule has 4 nitrogen and oxygen atoms in total. The second kappa shape index (κ2) is 7.21. The lowest BCUT2D eigenvalue weighted by molar-refractivity contribution is 0.0555. The number of thiazole rings is 1. The van der Waals surface area contributed by atoms with Crippen molar-refractivity contribution >= 4 is 17.3 Å². The molecule has 0 aromatic carbocycles. The van der Waals surface area contributed by atoms with Crippen molar-refractivity contribution < 1.29 is 14.3 Å². The predicted molar refractivity (Wildman–Crippen MR) is 74.3 cm³/mol. The molecule has 19 heavy (non-hydrogen) atoms. The van der Waals surface area contributed by atoms with Gasteiger partial charge in [0.1, 0.15) is 22.6 Å². The molecule has 1 fully saturated rings. The number of carbonyl (C=O) groups is 1. The molecule has 0 N–H and O–H groups in total. The van der Waals surface area contributed by atoms with Crippen LogP contribution in [-0.2, 0) is 9.47 Å². The van der Waals surface area contributed by atoms with E-state index in [0.717, 1.165) is 24.5 Å². The third-order valence-corrected chi connectivity index (χ3v) is 3.75. The molecule has 1 atom stereocenters. The summed E-state index contributed by atoms with van der Waals surface area (Å²) >= 11 is 1.36. The van der Waals surface area contributed by atoms with Gasteiger partial charge in [-0.2, -0.15) is 0 Å². The van der Waals surface area contributed by atoms with Gasteiger partial charge in [0.25, 0.3) is 0 Å². The zero-order valence-electron chi connectivity index (χ0n) is 10.9. The van der Waals surface area contributed by atoms with Crippen LogP contribution in [-0.4, -0.2) is 24.2 Å². The van der Waals surface area contributed by atoms with E-state index in [4.69, 9.17) is 9.47 Å². The van der Waals surface area contributed by atoms with Crippen molar-refractivity contribution in [2.45, 2.75) is 25.9 Å². The zero-order chi connectivity index (χ0) is 13.5. The van der Waals surface area contributed by atoms with Crippen LogP contribution in [0.15, 0.2) is 30.5 Å². The van der Waals surface area contributed by atoms with Crippen LogP contribution in [0.4, 0.5) is 0 Å². The normalized spacial score (nSPS) is 19.5. The third-order valence-electron chi connectivity index (χ3n) is 2.68. The summed E-state index contributed by atoms with van der Waals surface area (Å²) in [6, 6.07) is 0. The second-order valence-electron chi connectivity index (χ2n) is 4.12. The van der Waals surface area contributed by atoms with Crippen LogP contribution in [0.5, 0.6) is 0 Å². The van der Waals surface area contributed by atoms with Gasteiger partial charge in [-0.05, 0) is 25.8 Å². The fraction of sp³-hybridized carbons (Fsp3) is 0.429. The van der Waals surface area contributed by atoms with Gasteiger partial charge in [-0.25, -0.2) is 9.78 Å². The molecule has 0 spiro atoms. The number of allylic oxidation sites excluding steroid dienone is 3. The van der Waals surface area contributed by atoms with Gasteiger partial charge < -0.3 is 9.47 Å². The van der Waals surface area contributed by atoms with E-state index in [-0.39, 0.29) is 18.7 Å². The van der Waals surface area contributed by atoms with Crippen molar-refractivity contribution in [3.63, 3.8) is 0 Å². The van der Waals surface area contributed by atoms with Gasteiger partial charge in [0, 0.05) is 6.61 Å². The first-order valence-electron chi connectivity index (χ1n) is 6.33. The van der Waals surface area contributed by atoms with E-state index < -0.39 is 0 Å². The van der Waals surface area contributed by atoms with E-state index in [9.17, 15) is 4.79 Å². The summed E-state index contributed by atoms with van der Waals surface area (Å²) in [6.45, 7) is 2.98. The quantitative estimate of drug-likeness (QED) is 0.613. The molecule has 2 heterocycles. The molecule has 0 aliphatic carbocycles. The summed E-state index contributed by atoms with van der Waals surface area (Å²) < 4.78 is 10.7. The van der Waals surface area contributed by atoms with E-state index in [2.05, 4.69) is 4.98 Å². The summed E-state index contributed by atoms with van der Waals surface area (Å²) in [5.41, 5.74) is 0. The fourth-order valence-electron chi connectivity index (χ4n) is 1.74. The lowest BCUT2D eigenvalue weighted by atomic mass is 10.2. The van der Waals surface area contributed by atoms with Crippen LogP contribution >= 0.6 is 11.3 Å². The van der Waals surface area contributed by atoms with Gasteiger partial charge in [-0.15, -0.1) is 11.3 Å². The number of aromatic nitrogens is 1. The van der Waals surface area contributed by atoms with E-state index in [1.165, 1.54) is 11.3 Å². The number of ether oxygens (including phenoxy) is 2. The molecular weight excluding hydrogens is 262 g/mol. The molecule has 5 heteroatoms. The lowest BCUT2D eigenvalue weighted by Crippen LogP contribution is -2.02. The van der Waals surface area contributed by atoms with Crippen LogP contribution in [0.25, 0.3) is 0 Å².